The van der Waals surface area contributed by atoms with E-state index < -0.39 is 5.97 Å². The fourth-order valence-corrected chi connectivity index (χ4v) is 3.13. The first-order valence-electron chi connectivity index (χ1n) is 9.03. The van der Waals surface area contributed by atoms with E-state index in [1.807, 2.05) is 31.2 Å². The summed E-state index contributed by atoms with van der Waals surface area (Å²) >= 11 is 0. The van der Waals surface area contributed by atoms with Crippen molar-refractivity contribution >= 4 is 39.4 Å². The first kappa shape index (κ1) is 17.7. The lowest BCUT2D eigenvalue weighted by molar-refractivity contribution is 0.0526. The number of nitrogens with zero attached hydrogens (tertiary/aromatic N) is 1. The summed E-state index contributed by atoms with van der Waals surface area (Å²) in [5.74, 6) is -0.758. The smallest absolute Gasteiger partial charge is 0.338 e. The fourth-order valence-electron chi connectivity index (χ4n) is 3.13. The van der Waals surface area contributed by atoms with Crippen molar-refractivity contribution in [2.24, 2.45) is 0 Å². The van der Waals surface area contributed by atoms with Crippen molar-refractivity contribution in [3.05, 3.63) is 71.5 Å². The van der Waals surface area contributed by atoms with E-state index in [4.69, 9.17) is 4.74 Å². The highest BCUT2D eigenvalue weighted by atomic mass is 16.5. The third-order valence-corrected chi connectivity index (χ3v) is 4.47. The molecule has 0 spiro atoms. The third-order valence-electron chi connectivity index (χ3n) is 4.47. The number of aromatic nitrogens is 2. The zero-order valence-electron chi connectivity index (χ0n) is 15.6. The van der Waals surface area contributed by atoms with Crippen LogP contribution >= 0.6 is 0 Å². The van der Waals surface area contributed by atoms with E-state index >= 15 is 0 Å². The number of carbonyl (C=O) groups excluding carboxylic acids is 2. The molecule has 4 rings (SSSR count). The number of H-pyrrole nitrogens is 1. The van der Waals surface area contributed by atoms with E-state index in [1.54, 1.807) is 37.3 Å². The van der Waals surface area contributed by atoms with Crippen molar-refractivity contribution < 1.29 is 14.3 Å². The molecule has 28 heavy (non-hydrogen) atoms. The molecule has 0 aliphatic carbocycles. The Morgan fingerprint density at radius 3 is 2.68 bits per heavy atom. The molecule has 0 unspecified atom stereocenters. The lowest BCUT2D eigenvalue weighted by Crippen LogP contribution is -2.13. The number of ether oxygens (including phenoxy) is 1. The van der Waals surface area contributed by atoms with Crippen molar-refractivity contribution in [1.29, 1.82) is 0 Å². The Bertz CT molecular complexity index is 1210. The molecule has 140 valence electrons. The molecule has 0 bridgehead atoms. The van der Waals surface area contributed by atoms with Gasteiger partial charge in [0.1, 0.15) is 5.69 Å². The maximum atomic E-state index is 12.7. The van der Waals surface area contributed by atoms with Gasteiger partial charge in [-0.2, -0.15) is 0 Å². The molecular weight excluding hydrogens is 354 g/mol. The number of aromatic amines is 1. The van der Waals surface area contributed by atoms with Gasteiger partial charge in [0, 0.05) is 22.2 Å². The normalized spacial score (nSPS) is 10.9. The Morgan fingerprint density at radius 1 is 1.07 bits per heavy atom. The number of pyridine rings is 1. The van der Waals surface area contributed by atoms with Crippen LogP contribution in [0.5, 0.6) is 0 Å². The van der Waals surface area contributed by atoms with Gasteiger partial charge in [-0.15, -0.1) is 0 Å². The van der Waals surface area contributed by atoms with Crippen LogP contribution in [0.25, 0.3) is 21.8 Å². The van der Waals surface area contributed by atoms with Gasteiger partial charge in [-0.3, -0.25) is 4.79 Å². The van der Waals surface area contributed by atoms with Crippen LogP contribution in [0.3, 0.4) is 0 Å². The van der Waals surface area contributed by atoms with Crippen LogP contribution in [-0.2, 0) is 4.74 Å². The monoisotopic (exact) mass is 373 g/mol. The van der Waals surface area contributed by atoms with Crippen molar-refractivity contribution in [2.75, 3.05) is 11.9 Å². The summed E-state index contributed by atoms with van der Waals surface area (Å²) in [7, 11) is 0. The summed E-state index contributed by atoms with van der Waals surface area (Å²) in [6.07, 6.45) is 0. The summed E-state index contributed by atoms with van der Waals surface area (Å²) in [6, 6.07) is 16.4. The Labute approximate surface area is 161 Å². The fraction of sp³-hybridized carbons (Fsp3) is 0.136. The average molecular weight is 373 g/mol. The number of carbonyl (C=O) groups is 2. The SMILES string of the molecule is CCOC(=O)c1cccc(NC(=O)c2cc3ccc4ccc(C)[nH]c4c3n2)c1. The molecule has 6 heteroatoms. The average Bonchev–Trinajstić information content (AvgIpc) is 3.13. The highest BCUT2D eigenvalue weighted by molar-refractivity contribution is 6.10. The van der Waals surface area contributed by atoms with E-state index in [-0.39, 0.29) is 5.91 Å². The number of benzene rings is 2. The molecule has 0 aliphatic heterocycles. The molecule has 0 radical (unpaired) electrons. The van der Waals surface area contributed by atoms with Gasteiger partial charge < -0.3 is 15.0 Å². The van der Waals surface area contributed by atoms with Crippen LogP contribution in [0, 0.1) is 6.92 Å². The van der Waals surface area contributed by atoms with E-state index in [0.717, 1.165) is 27.5 Å². The van der Waals surface area contributed by atoms with Gasteiger partial charge in [-0.25, -0.2) is 9.78 Å². The molecule has 1 amide bonds. The second-order valence-electron chi connectivity index (χ2n) is 6.51. The van der Waals surface area contributed by atoms with Gasteiger partial charge in [0.05, 0.1) is 23.2 Å². The second kappa shape index (κ2) is 7.15. The molecule has 0 saturated heterocycles. The van der Waals surface area contributed by atoms with Gasteiger partial charge in [0.25, 0.3) is 5.91 Å². The maximum Gasteiger partial charge on any atom is 0.338 e. The summed E-state index contributed by atoms with van der Waals surface area (Å²) in [4.78, 5) is 32.4. The standard InChI is InChI=1S/C22H19N3O3/c1-3-28-22(27)16-5-4-6-17(11-16)24-21(26)18-12-15-10-9-14-8-7-13(2)23-19(14)20(15)25-18/h4-12,23H,3H2,1-2H3,(H,24,26). The van der Waals surface area contributed by atoms with Crippen molar-refractivity contribution in [3.63, 3.8) is 0 Å². The minimum Gasteiger partial charge on any atom is -0.462 e. The van der Waals surface area contributed by atoms with Gasteiger partial charge in [0.2, 0.25) is 0 Å². The van der Waals surface area contributed by atoms with Crippen LogP contribution < -0.4 is 5.32 Å². The molecule has 0 atom stereocenters. The van der Waals surface area contributed by atoms with Gasteiger partial charge in [0.15, 0.2) is 0 Å². The number of anilines is 1. The lowest BCUT2D eigenvalue weighted by Gasteiger charge is -2.06. The lowest BCUT2D eigenvalue weighted by atomic mass is 10.1. The molecule has 2 aromatic heterocycles. The maximum absolute atomic E-state index is 12.7. The molecular formula is C22H19N3O3. The Hall–Kier alpha value is -3.67. The van der Waals surface area contributed by atoms with Crippen LogP contribution in [-0.4, -0.2) is 28.5 Å². The number of hydrogen-bond acceptors (Lipinski definition) is 4. The van der Waals surface area contributed by atoms with Crippen LogP contribution in [0.2, 0.25) is 0 Å². The summed E-state index contributed by atoms with van der Waals surface area (Å²) in [6.45, 7) is 4.02. The number of nitrogens with one attached hydrogen (secondary N) is 2. The van der Waals surface area contributed by atoms with Crippen molar-refractivity contribution in [1.82, 2.24) is 9.97 Å². The minimum atomic E-state index is -0.423. The molecule has 2 heterocycles. The van der Waals surface area contributed by atoms with Gasteiger partial charge in [-0.1, -0.05) is 24.3 Å². The van der Waals surface area contributed by atoms with Crippen molar-refractivity contribution in [3.8, 4) is 0 Å². The van der Waals surface area contributed by atoms with Crippen LogP contribution in [0.1, 0.15) is 33.5 Å². The summed E-state index contributed by atoms with van der Waals surface area (Å²) in [5, 5.41) is 4.72. The van der Waals surface area contributed by atoms with Crippen molar-refractivity contribution in [2.45, 2.75) is 13.8 Å². The number of esters is 1. The van der Waals surface area contributed by atoms with Gasteiger partial charge in [-0.05, 0) is 44.2 Å². The first-order valence-corrected chi connectivity index (χ1v) is 9.03. The van der Waals surface area contributed by atoms with Gasteiger partial charge >= 0.3 is 5.97 Å². The highest BCUT2D eigenvalue weighted by Crippen LogP contribution is 2.25. The summed E-state index contributed by atoms with van der Waals surface area (Å²) in [5.41, 5.74) is 3.89. The first-order chi connectivity index (χ1) is 13.5. The predicted molar refractivity (Wildman–Crippen MR) is 109 cm³/mol. The zero-order chi connectivity index (χ0) is 19.7. The highest BCUT2D eigenvalue weighted by Gasteiger charge is 2.14. The zero-order valence-corrected chi connectivity index (χ0v) is 15.6. The van der Waals surface area contributed by atoms with E-state index in [2.05, 4.69) is 15.3 Å². The Morgan fingerprint density at radius 2 is 1.86 bits per heavy atom. The molecule has 0 saturated carbocycles. The molecule has 6 nitrogen and oxygen atoms in total. The quantitative estimate of drug-likeness (QED) is 0.518. The van der Waals surface area contributed by atoms with Crippen LogP contribution in [0.4, 0.5) is 5.69 Å². The number of amides is 1. The number of fused-ring (bicyclic) bond motifs is 3. The second-order valence-corrected chi connectivity index (χ2v) is 6.51. The van der Waals surface area contributed by atoms with E-state index in [9.17, 15) is 9.59 Å². The topological polar surface area (TPSA) is 84.1 Å². The number of hydrogen-bond donors (Lipinski definition) is 2. The molecule has 2 N–H and O–H groups in total. The Balaban J connectivity index is 1.64. The van der Waals surface area contributed by atoms with E-state index in [0.29, 0.717) is 23.6 Å². The number of aryl methyl sites for hydroxylation is 1. The third kappa shape index (κ3) is 3.32. The molecule has 2 aromatic carbocycles. The van der Waals surface area contributed by atoms with Crippen LogP contribution in [0.15, 0.2) is 54.6 Å². The minimum absolute atomic E-state index is 0.296. The molecule has 4 aromatic rings. The largest absolute Gasteiger partial charge is 0.462 e. The predicted octanol–water partition coefficient (Wildman–Crippen LogP) is 4.45. The molecule has 0 aliphatic rings. The van der Waals surface area contributed by atoms with E-state index in [1.165, 1.54) is 0 Å². The Kier molecular flexibility index (Phi) is 4.53. The molecule has 0 fully saturated rings. The summed E-state index contributed by atoms with van der Waals surface area (Å²) < 4.78 is 5.00. The number of rotatable bonds is 4.